The molecule has 2 aromatic rings. The van der Waals surface area contributed by atoms with Crippen molar-refractivity contribution in [1.29, 1.82) is 0 Å². The molecule has 0 saturated heterocycles. The molecule has 3 N–H and O–H groups in total. The van der Waals surface area contributed by atoms with E-state index in [-0.39, 0.29) is 23.8 Å². The van der Waals surface area contributed by atoms with Gasteiger partial charge in [-0.05, 0) is 6.07 Å². The van der Waals surface area contributed by atoms with Crippen LogP contribution >= 0.6 is 12.4 Å². The standard InChI is InChI=1S/C9H7N3O2.ClH/c10-7-5-3-1-2-4-6(5)11-12-8(7)9(13)14;/h1-4H,(H2,10,11)(H,13,14);1H. The molecule has 15 heavy (non-hydrogen) atoms. The fourth-order valence-corrected chi connectivity index (χ4v) is 1.23. The first-order chi connectivity index (χ1) is 6.70. The number of carboxylic acids is 1. The largest absolute Gasteiger partial charge is 0.476 e. The van der Waals surface area contributed by atoms with Gasteiger partial charge in [0.15, 0.2) is 5.69 Å². The lowest BCUT2D eigenvalue weighted by Crippen LogP contribution is -2.07. The number of nitrogens with zero attached hydrogens (tertiary/aromatic N) is 2. The van der Waals surface area contributed by atoms with E-state index < -0.39 is 5.97 Å². The summed E-state index contributed by atoms with van der Waals surface area (Å²) in [6, 6.07) is 7.00. The van der Waals surface area contributed by atoms with Crippen molar-refractivity contribution in [2.75, 3.05) is 5.73 Å². The minimum atomic E-state index is -1.17. The van der Waals surface area contributed by atoms with Gasteiger partial charge in [-0.15, -0.1) is 22.6 Å². The average molecular weight is 226 g/mol. The molecule has 2 rings (SSSR count). The van der Waals surface area contributed by atoms with Gasteiger partial charge < -0.3 is 10.8 Å². The van der Waals surface area contributed by atoms with Crippen LogP contribution in [-0.2, 0) is 0 Å². The van der Waals surface area contributed by atoms with Gasteiger partial charge in [0.25, 0.3) is 0 Å². The van der Waals surface area contributed by atoms with E-state index in [9.17, 15) is 4.79 Å². The molecule has 0 radical (unpaired) electrons. The Morgan fingerprint density at radius 2 is 1.93 bits per heavy atom. The maximum atomic E-state index is 10.7. The van der Waals surface area contributed by atoms with E-state index in [1.165, 1.54) is 0 Å². The van der Waals surface area contributed by atoms with E-state index >= 15 is 0 Å². The number of rotatable bonds is 1. The van der Waals surface area contributed by atoms with Crippen LogP contribution in [0.1, 0.15) is 10.5 Å². The van der Waals surface area contributed by atoms with Crippen LogP contribution in [0.3, 0.4) is 0 Å². The molecule has 0 aliphatic heterocycles. The molecule has 0 aliphatic rings. The summed E-state index contributed by atoms with van der Waals surface area (Å²) in [5.74, 6) is -1.17. The summed E-state index contributed by atoms with van der Waals surface area (Å²) < 4.78 is 0. The normalized spacial score (nSPS) is 9.60. The lowest BCUT2D eigenvalue weighted by atomic mass is 10.2. The second kappa shape index (κ2) is 4.10. The number of anilines is 1. The lowest BCUT2D eigenvalue weighted by Gasteiger charge is -2.02. The SMILES string of the molecule is Cl.Nc1c(C(=O)O)nnc2ccccc12. The summed E-state index contributed by atoms with van der Waals surface area (Å²) >= 11 is 0. The topological polar surface area (TPSA) is 89.1 Å². The first-order valence-electron chi connectivity index (χ1n) is 3.94. The van der Waals surface area contributed by atoms with Crippen LogP contribution in [0.25, 0.3) is 10.9 Å². The van der Waals surface area contributed by atoms with Gasteiger partial charge in [0.2, 0.25) is 0 Å². The van der Waals surface area contributed by atoms with Gasteiger partial charge in [0.05, 0.1) is 11.2 Å². The second-order valence-electron chi connectivity index (χ2n) is 2.78. The van der Waals surface area contributed by atoms with E-state index in [1.807, 2.05) is 0 Å². The molecule has 0 bridgehead atoms. The Morgan fingerprint density at radius 1 is 1.27 bits per heavy atom. The molecule has 0 atom stereocenters. The van der Waals surface area contributed by atoms with Crippen LogP contribution < -0.4 is 5.73 Å². The molecular formula is C9H8ClN3O2. The summed E-state index contributed by atoms with van der Waals surface area (Å²) in [7, 11) is 0. The Bertz CT molecular complexity index is 516. The molecule has 5 nitrogen and oxygen atoms in total. The molecule has 0 spiro atoms. The van der Waals surface area contributed by atoms with Crippen LogP contribution in [0, 0.1) is 0 Å². The van der Waals surface area contributed by atoms with Crippen LogP contribution in [0.2, 0.25) is 0 Å². The molecule has 6 heteroatoms. The van der Waals surface area contributed by atoms with Gasteiger partial charge in [-0.3, -0.25) is 0 Å². The van der Waals surface area contributed by atoms with Gasteiger partial charge in [0.1, 0.15) is 0 Å². The highest BCUT2D eigenvalue weighted by Gasteiger charge is 2.12. The fourth-order valence-electron chi connectivity index (χ4n) is 1.23. The molecule has 78 valence electrons. The van der Waals surface area contributed by atoms with Gasteiger partial charge in [0, 0.05) is 5.39 Å². The minimum Gasteiger partial charge on any atom is -0.476 e. The van der Waals surface area contributed by atoms with Crippen LogP contribution in [0.5, 0.6) is 0 Å². The third-order valence-electron chi connectivity index (χ3n) is 1.91. The molecule has 1 heterocycles. The number of carboxylic acid groups (broad SMARTS) is 1. The third-order valence-corrected chi connectivity index (χ3v) is 1.91. The average Bonchev–Trinajstić information content (AvgIpc) is 2.18. The van der Waals surface area contributed by atoms with E-state index in [1.54, 1.807) is 24.3 Å². The predicted octanol–water partition coefficient (Wildman–Crippen LogP) is 1.33. The molecule has 0 amide bonds. The van der Waals surface area contributed by atoms with Crippen molar-refractivity contribution in [3.63, 3.8) is 0 Å². The van der Waals surface area contributed by atoms with E-state index in [0.717, 1.165) is 0 Å². The van der Waals surface area contributed by atoms with Crippen LogP contribution in [0.15, 0.2) is 24.3 Å². The van der Waals surface area contributed by atoms with Gasteiger partial charge >= 0.3 is 5.97 Å². The van der Waals surface area contributed by atoms with Crippen molar-refractivity contribution in [3.05, 3.63) is 30.0 Å². The molecule has 1 aromatic heterocycles. The van der Waals surface area contributed by atoms with E-state index in [4.69, 9.17) is 10.8 Å². The maximum absolute atomic E-state index is 10.7. The number of nitrogen functional groups attached to an aromatic ring is 1. The quantitative estimate of drug-likeness (QED) is 0.764. The lowest BCUT2D eigenvalue weighted by molar-refractivity contribution is 0.0691. The Balaban J connectivity index is 0.00000112. The van der Waals surface area contributed by atoms with Crippen LogP contribution in [0.4, 0.5) is 5.69 Å². The number of hydrogen-bond donors (Lipinski definition) is 2. The van der Waals surface area contributed by atoms with Crippen molar-refractivity contribution in [2.45, 2.75) is 0 Å². The number of aromatic carboxylic acids is 1. The highest BCUT2D eigenvalue weighted by molar-refractivity contribution is 6.01. The first kappa shape index (κ1) is 11.2. The summed E-state index contributed by atoms with van der Waals surface area (Å²) in [6.45, 7) is 0. The van der Waals surface area contributed by atoms with Gasteiger partial charge in [-0.25, -0.2) is 4.79 Å². The number of nitrogens with two attached hydrogens (primary N) is 1. The molecule has 1 aromatic carbocycles. The second-order valence-corrected chi connectivity index (χ2v) is 2.78. The Morgan fingerprint density at radius 3 is 2.60 bits per heavy atom. The summed E-state index contributed by atoms with van der Waals surface area (Å²) in [4.78, 5) is 10.7. The number of fused-ring (bicyclic) bond motifs is 1. The summed E-state index contributed by atoms with van der Waals surface area (Å²) in [5, 5.41) is 16.6. The number of hydrogen-bond acceptors (Lipinski definition) is 4. The fraction of sp³-hybridized carbons (Fsp3) is 0. The highest BCUT2D eigenvalue weighted by Crippen LogP contribution is 2.20. The third kappa shape index (κ3) is 1.82. The Kier molecular flexibility index (Phi) is 3.06. The summed E-state index contributed by atoms with van der Waals surface area (Å²) in [6.07, 6.45) is 0. The zero-order valence-electron chi connectivity index (χ0n) is 7.54. The predicted molar refractivity (Wildman–Crippen MR) is 58.2 cm³/mol. The number of carbonyl (C=O) groups is 1. The zero-order chi connectivity index (χ0) is 10.1. The summed E-state index contributed by atoms with van der Waals surface area (Å²) in [5.41, 5.74) is 6.18. The smallest absolute Gasteiger partial charge is 0.358 e. The molecule has 0 aliphatic carbocycles. The number of benzene rings is 1. The maximum Gasteiger partial charge on any atom is 0.358 e. The Labute approximate surface area is 91.3 Å². The molecule has 0 unspecified atom stereocenters. The van der Waals surface area contributed by atoms with E-state index in [0.29, 0.717) is 10.9 Å². The zero-order valence-corrected chi connectivity index (χ0v) is 8.36. The van der Waals surface area contributed by atoms with Gasteiger partial charge in [-0.1, -0.05) is 18.2 Å². The van der Waals surface area contributed by atoms with Gasteiger partial charge in [-0.2, -0.15) is 0 Å². The van der Waals surface area contributed by atoms with E-state index in [2.05, 4.69) is 10.2 Å². The number of aromatic nitrogens is 2. The molecule has 0 saturated carbocycles. The van der Waals surface area contributed by atoms with Crippen molar-refractivity contribution in [2.24, 2.45) is 0 Å². The Hall–Kier alpha value is -1.88. The minimum absolute atomic E-state index is 0. The van der Waals surface area contributed by atoms with Crippen molar-refractivity contribution >= 4 is 35.0 Å². The number of halogens is 1. The van der Waals surface area contributed by atoms with Crippen molar-refractivity contribution in [1.82, 2.24) is 10.2 Å². The van der Waals surface area contributed by atoms with Crippen molar-refractivity contribution in [3.8, 4) is 0 Å². The monoisotopic (exact) mass is 225 g/mol. The first-order valence-corrected chi connectivity index (χ1v) is 3.94. The van der Waals surface area contributed by atoms with Crippen molar-refractivity contribution < 1.29 is 9.90 Å². The van der Waals surface area contributed by atoms with Crippen LogP contribution in [-0.4, -0.2) is 21.3 Å². The highest BCUT2D eigenvalue weighted by atomic mass is 35.5. The molecule has 0 fully saturated rings. The molecular weight excluding hydrogens is 218 g/mol.